The second-order valence-electron chi connectivity index (χ2n) is 6.88. The second kappa shape index (κ2) is 6.91. The zero-order valence-electron chi connectivity index (χ0n) is 14.7. The van der Waals surface area contributed by atoms with Crippen LogP contribution in [-0.4, -0.2) is 10.8 Å². The number of phenolic OH excluding ortho intramolecular Hbond substituents is 1. The molecule has 1 aliphatic rings. The smallest absolute Gasteiger partial charge is 0.143 e. The Kier molecular flexibility index (Phi) is 4.58. The number of benzene rings is 3. The number of fused-ring (bicyclic) bond motifs is 1. The van der Waals surface area contributed by atoms with Crippen LogP contribution in [-0.2, 0) is 5.54 Å². The SMILES string of the molecule is CC1(c2ccc(Cl)cc2)CC(c2ccc(Cl)cc2)=Nc2c(O)cccc2N1. The minimum absolute atomic E-state index is 0.145. The third kappa shape index (κ3) is 3.53. The number of para-hydroxylation sites is 1. The van der Waals surface area contributed by atoms with Crippen LogP contribution in [0.2, 0.25) is 10.0 Å². The monoisotopic (exact) mass is 396 g/mol. The summed E-state index contributed by atoms with van der Waals surface area (Å²) in [5.41, 5.74) is 3.83. The Balaban J connectivity index is 1.88. The first-order valence-corrected chi connectivity index (χ1v) is 9.40. The van der Waals surface area contributed by atoms with Gasteiger partial charge in [0.2, 0.25) is 0 Å². The molecule has 0 amide bonds. The highest BCUT2D eigenvalue weighted by molar-refractivity contribution is 6.31. The second-order valence-corrected chi connectivity index (χ2v) is 7.75. The molecule has 27 heavy (non-hydrogen) atoms. The number of anilines is 1. The average Bonchev–Trinajstić information content (AvgIpc) is 2.80. The van der Waals surface area contributed by atoms with Gasteiger partial charge >= 0.3 is 0 Å². The predicted octanol–water partition coefficient (Wildman–Crippen LogP) is 6.55. The van der Waals surface area contributed by atoms with Crippen LogP contribution in [0, 0.1) is 0 Å². The molecule has 1 atom stereocenters. The topological polar surface area (TPSA) is 44.6 Å². The number of aliphatic imine (C=N–C) groups is 1. The molecule has 1 unspecified atom stereocenters. The number of hydrogen-bond acceptors (Lipinski definition) is 3. The lowest BCUT2D eigenvalue weighted by molar-refractivity contribution is 0.477. The molecule has 0 bridgehead atoms. The predicted molar refractivity (Wildman–Crippen MR) is 113 cm³/mol. The summed E-state index contributed by atoms with van der Waals surface area (Å²) in [5, 5.41) is 15.3. The Bertz CT molecular complexity index is 1010. The lowest BCUT2D eigenvalue weighted by Gasteiger charge is -2.32. The van der Waals surface area contributed by atoms with Crippen molar-refractivity contribution in [3.05, 3.63) is 87.9 Å². The highest BCUT2D eigenvalue weighted by atomic mass is 35.5. The molecular weight excluding hydrogens is 379 g/mol. The summed E-state index contributed by atoms with van der Waals surface area (Å²) in [6.45, 7) is 2.13. The van der Waals surface area contributed by atoms with E-state index in [1.807, 2.05) is 60.7 Å². The first-order valence-electron chi connectivity index (χ1n) is 8.64. The molecule has 3 aromatic carbocycles. The van der Waals surface area contributed by atoms with Crippen LogP contribution >= 0.6 is 23.2 Å². The van der Waals surface area contributed by atoms with Gasteiger partial charge in [0.15, 0.2) is 0 Å². The van der Waals surface area contributed by atoms with Crippen LogP contribution in [0.1, 0.15) is 24.5 Å². The minimum atomic E-state index is -0.428. The molecule has 0 radical (unpaired) electrons. The van der Waals surface area contributed by atoms with Crippen LogP contribution in [0.3, 0.4) is 0 Å². The van der Waals surface area contributed by atoms with Gasteiger partial charge in [-0.15, -0.1) is 0 Å². The normalized spacial score (nSPS) is 18.9. The maximum Gasteiger partial charge on any atom is 0.143 e. The number of rotatable bonds is 2. The molecule has 136 valence electrons. The van der Waals surface area contributed by atoms with Crippen molar-refractivity contribution in [2.75, 3.05) is 5.32 Å². The molecule has 0 saturated heterocycles. The van der Waals surface area contributed by atoms with Crippen molar-refractivity contribution in [1.82, 2.24) is 0 Å². The molecule has 0 aliphatic carbocycles. The van der Waals surface area contributed by atoms with Gasteiger partial charge in [-0.05, 0) is 54.4 Å². The Morgan fingerprint density at radius 3 is 2.22 bits per heavy atom. The van der Waals surface area contributed by atoms with Gasteiger partial charge in [0.05, 0.1) is 16.9 Å². The van der Waals surface area contributed by atoms with E-state index in [1.54, 1.807) is 6.07 Å². The largest absolute Gasteiger partial charge is 0.506 e. The van der Waals surface area contributed by atoms with Crippen LogP contribution in [0.5, 0.6) is 5.75 Å². The number of phenols is 1. The fraction of sp³-hybridized carbons (Fsp3) is 0.136. The summed E-state index contributed by atoms with van der Waals surface area (Å²) in [7, 11) is 0. The van der Waals surface area contributed by atoms with Crippen molar-refractivity contribution in [2.24, 2.45) is 4.99 Å². The van der Waals surface area contributed by atoms with Crippen molar-refractivity contribution >= 4 is 40.3 Å². The number of nitrogens with one attached hydrogen (secondary N) is 1. The summed E-state index contributed by atoms with van der Waals surface area (Å²) in [5.74, 6) is 0.145. The lowest BCUT2D eigenvalue weighted by Crippen LogP contribution is -2.33. The fourth-order valence-electron chi connectivity index (χ4n) is 3.40. The van der Waals surface area contributed by atoms with E-state index in [-0.39, 0.29) is 5.75 Å². The van der Waals surface area contributed by atoms with Gasteiger partial charge in [0.1, 0.15) is 11.4 Å². The van der Waals surface area contributed by atoms with E-state index < -0.39 is 5.54 Å². The molecular formula is C22H18Cl2N2O. The fourth-order valence-corrected chi connectivity index (χ4v) is 3.65. The number of aromatic hydroxyl groups is 1. The van der Waals surface area contributed by atoms with Crippen molar-refractivity contribution in [3.63, 3.8) is 0 Å². The Hall–Kier alpha value is -2.49. The van der Waals surface area contributed by atoms with E-state index in [9.17, 15) is 5.11 Å². The molecule has 0 aromatic heterocycles. The first kappa shape index (κ1) is 17.9. The lowest BCUT2D eigenvalue weighted by atomic mass is 9.85. The zero-order valence-corrected chi connectivity index (χ0v) is 16.2. The van der Waals surface area contributed by atoms with Crippen molar-refractivity contribution in [1.29, 1.82) is 0 Å². The Morgan fingerprint density at radius 1 is 0.926 bits per heavy atom. The van der Waals surface area contributed by atoms with Crippen molar-refractivity contribution in [2.45, 2.75) is 18.9 Å². The van der Waals surface area contributed by atoms with Gasteiger partial charge in [-0.25, -0.2) is 4.99 Å². The summed E-state index contributed by atoms with van der Waals surface area (Å²) in [6, 6.07) is 20.8. The molecule has 0 fully saturated rings. The quantitative estimate of drug-likeness (QED) is 0.515. The van der Waals surface area contributed by atoms with E-state index in [0.717, 1.165) is 22.5 Å². The maximum atomic E-state index is 10.4. The van der Waals surface area contributed by atoms with Crippen molar-refractivity contribution < 1.29 is 5.11 Å². The van der Waals surface area contributed by atoms with Gasteiger partial charge < -0.3 is 10.4 Å². The van der Waals surface area contributed by atoms with Gasteiger partial charge in [-0.3, -0.25) is 0 Å². The Labute approximate surface area is 168 Å². The maximum absolute atomic E-state index is 10.4. The van der Waals surface area contributed by atoms with E-state index in [2.05, 4.69) is 12.2 Å². The van der Waals surface area contributed by atoms with Gasteiger partial charge in [-0.2, -0.15) is 0 Å². The van der Waals surface area contributed by atoms with Crippen LogP contribution < -0.4 is 5.32 Å². The molecule has 2 N–H and O–H groups in total. The van der Waals surface area contributed by atoms with E-state index in [4.69, 9.17) is 28.2 Å². The van der Waals surface area contributed by atoms with Crippen LogP contribution in [0.25, 0.3) is 0 Å². The summed E-state index contributed by atoms with van der Waals surface area (Å²) < 4.78 is 0. The van der Waals surface area contributed by atoms with E-state index in [0.29, 0.717) is 22.2 Å². The summed E-state index contributed by atoms with van der Waals surface area (Å²) in [6.07, 6.45) is 0.629. The molecule has 5 heteroatoms. The van der Waals surface area contributed by atoms with Crippen molar-refractivity contribution in [3.8, 4) is 5.75 Å². The van der Waals surface area contributed by atoms with Crippen LogP contribution in [0.4, 0.5) is 11.4 Å². The van der Waals surface area contributed by atoms with E-state index in [1.165, 1.54) is 0 Å². The molecule has 0 saturated carbocycles. The third-order valence-electron chi connectivity index (χ3n) is 4.85. The summed E-state index contributed by atoms with van der Waals surface area (Å²) in [4.78, 5) is 4.81. The third-order valence-corrected chi connectivity index (χ3v) is 5.36. The number of halogens is 2. The Morgan fingerprint density at radius 2 is 1.56 bits per heavy atom. The average molecular weight is 397 g/mol. The molecule has 1 aliphatic heterocycles. The standard InChI is InChI=1S/C22H18Cl2N2O/c1-22(15-7-11-17(24)12-8-15)13-19(14-5-9-16(23)10-6-14)25-21-18(26-22)3-2-4-20(21)27/h2-12,26-27H,13H2,1H3. The number of hydrogen-bond donors (Lipinski definition) is 2. The molecule has 3 nitrogen and oxygen atoms in total. The summed E-state index contributed by atoms with van der Waals surface area (Å²) >= 11 is 12.1. The van der Waals surface area contributed by atoms with Gasteiger partial charge in [0, 0.05) is 16.5 Å². The minimum Gasteiger partial charge on any atom is -0.506 e. The highest BCUT2D eigenvalue weighted by Crippen LogP contribution is 2.43. The van der Waals surface area contributed by atoms with Crippen LogP contribution in [0.15, 0.2) is 71.7 Å². The zero-order chi connectivity index (χ0) is 19.0. The molecule has 4 rings (SSSR count). The number of nitrogens with zero attached hydrogens (tertiary/aromatic N) is 1. The van der Waals surface area contributed by atoms with Gasteiger partial charge in [0.25, 0.3) is 0 Å². The highest BCUT2D eigenvalue weighted by Gasteiger charge is 2.32. The molecule has 1 heterocycles. The first-order chi connectivity index (χ1) is 12.9. The molecule has 0 spiro atoms. The molecule has 3 aromatic rings. The van der Waals surface area contributed by atoms with E-state index >= 15 is 0 Å². The van der Waals surface area contributed by atoms with Gasteiger partial charge in [-0.1, -0.05) is 53.5 Å².